The molecule has 1 atom stereocenters. The van der Waals surface area contributed by atoms with Crippen LogP contribution in [0.1, 0.15) is 5.56 Å². The second-order valence-corrected chi connectivity index (χ2v) is 6.61. The van der Waals surface area contributed by atoms with Crippen molar-refractivity contribution in [3.8, 4) is 16.9 Å². The van der Waals surface area contributed by atoms with Crippen LogP contribution in [0.2, 0.25) is 0 Å². The van der Waals surface area contributed by atoms with Gasteiger partial charge in [-0.25, -0.2) is 0 Å². The Balaban J connectivity index is 1.45. The van der Waals surface area contributed by atoms with E-state index in [1.165, 1.54) is 5.56 Å². The van der Waals surface area contributed by atoms with Crippen molar-refractivity contribution in [3.05, 3.63) is 91.0 Å². The molecule has 4 rings (SSSR count). The first-order valence-electron chi connectivity index (χ1n) is 8.99. The van der Waals surface area contributed by atoms with Crippen molar-refractivity contribution < 1.29 is 4.74 Å². The van der Waals surface area contributed by atoms with E-state index in [4.69, 9.17) is 10.5 Å². The molecular formula is C23H21N3O. The van der Waals surface area contributed by atoms with Crippen LogP contribution in [0.3, 0.4) is 0 Å². The number of aromatic nitrogens is 2. The third-order valence-corrected chi connectivity index (χ3v) is 4.49. The van der Waals surface area contributed by atoms with Crippen molar-refractivity contribution in [3.63, 3.8) is 0 Å². The second kappa shape index (κ2) is 7.98. The highest BCUT2D eigenvalue weighted by Crippen LogP contribution is 2.26. The fourth-order valence-corrected chi connectivity index (χ4v) is 3.10. The third-order valence-electron chi connectivity index (χ3n) is 4.49. The third kappa shape index (κ3) is 4.30. The predicted molar refractivity (Wildman–Crippen MR) is 109 cm³/mol. The Morgan fingerprint density at radius 3 is 2.59 bits per heavy atom. The van der Waals surface area contributed by atoms with Crippen LogP contribution in [0.25, 0.3) is 21.9 Å². The molecule has 0 spiro atoms. The molecule has 0 aliphatic carbocycles. The summed E-state index contributed by atoms with van der Waals surface area (Å²) < 4.78 is 5.89. The Morgan fingerprint density at radius 1 is 0.815 bits per heavy atom. The van der Waals surface area contributed by atoms with Gasteiger partial charge >= 0.3 is 0 Å². The molecule has 0 radical (unpaired) electrons. The SMILES string of the molecule is N[C@@H](COc1cncc(-c2ccc3cnccc3c2)c1)Cc1ccccc1. The van der Waals surface area contributed by atoms with Crippen LogP contribution < -0.4 is 10.5 Å². The summed E-state index contributed by atoms with van der Waals surface area (Å²) in [5, 5.41) is 2.27. The van der Waals surface area contributed by atoms with Crippen molar-refractivity contribution in [2.75, 3.05) is 6.61 Å². The number of rotatable bonds is 6. The molecule has 0 fully saturated rings. The molecule has 0 aliphatic rings. The lowest BCUT2D eigenvalue weighted by Crippen LogP contribution is -2.30. The van der Waals surface area contributed by atoms with Gasteiger partial charge in [0.25, 0.3) is 0 Å². The van der Waals surface area contributed by atoms with Gasteiger partial charge in [-0.15, -0.1) is 0 Å². The highest BCUT2D eigenvalue weighted by atomic mass is 16.5. The Bertz CT molecular complexity index is 1030. The van der Waals surface area contributed by atoms with Gasteiger partial charge < -0.3 is 10.5 Å². The number of hydrogen-bond donors (Lipinski definition) is 1. The summed E-state index contributed by atoms with van der Waals surface area (Å²) in [6.45, 7) is 0.448. The first-order chi connectivity index (χ1) is 13.3. The van der Waals surface area contributed by atoms with E-state index in [0.717, 1.165) is 34.1 Å². The molecule has 0 saturated carbocycles. The summed E-state index contributed by atoms with van der Waals surface area (Å²) in [5.41, 5.74) is 9.54. The number of pyridine rings is 2. The van der Waals surface area contributed by atoms with Gasteiger partial charge in [0.05, 0.1) is 6.20 Å². The van der Waals surface area contributed by atoms with Crippen molar-refractivity contribution in [1.29, 1.82) is 0 Å². The summed E-state index contributed by atoms with van der Waals surface area (Å²) in [5.74, 6) is 0.728. The van der Waals surface area contributed by atoms with Gasteiger partial charge in [-0.2, -0.15) is 0 Å². The van der Waals surface area contributed by atoms with Crippen LogP contribution in [-0.4, -0.2) is 22.6 Å². The quantitative estimate of drug-likeness (QED) is 0.562. The normalized spacial score (nSPS) is 12.0. The molecule has 2 N–H and O–H groups in total. The lowest BCUT2D eigenvalue weighted by Gasteiger charge is -2.14. The largest absolute Gasteiger partial charge is 0.490 e. The highest BCUT2D eigenvalue weighted by molar-refractivity contribution is 5.86. The van der Waals surface area contributed by atoms with Crippen LogP contribution >= 0.6 is 0 Å². The monoisotopic (exact) mass is 355 g/mol. The Hall–Kier alpha value is -3.24. The van der Waals surface area contributed by atoms with E-state index in [9.17, 15) is 0 Å². The van der Waals surface area contributed by atoms with E-state index in [0.29, 0.717) is 6.61 Å². The lowest BCUT2D eigenvalue weighted by molar-refractivity contribution is 0.286. The van der Waals surface area contributed by atoms with E-state index in [1.807, 2.05) is 42.7 Å². The van der Waals surface area contributed by atoms with Crippen molar-refractivity contribution in [2.45, 2.75) is 12.5 Å². The maximum Gasteiger partial charge on any atom is 0.138 e. The topological polar surface area (TPSA) is 61.0 Å². The van der Waals surface area contributed by atoms with Gasteiger partial charge in [-0.05, 0) is 41.1 Å². The van der Waals surface area contributed by atoms with Crippen LogP contribution in [-0.2, 0) is 6.42 Å². The van der Waals surface area contributed by atoms with E-state index >= 15 is 0 Å². The van der Waals surface area contributed by atoms with E-state index in [1.54, 1.807) is 12.4 Å². The number of ether oxygens (including phenoxy) is 1. The molecule has 0 unspecified atom stereocenters. The molecule has 2 aromatic heterocycles. The van der Waals surface area contributed by atoms with Crippen molar-refractivity contribution in [1.82, 2.24) is 9.97 Å². The van der Waals surface area contributed by atoms with Gasteiger partial charge in [0.1, 0.15) is 12.4 Å². The first-order valence-corrected chi connectivity index (χ1v) is 8.99. The average molecular weight is 355 g/mol. The highest BCUT2D eigenvalue weighted by Gasteiger charge is 2.07. The minimum atomic E-state index is -0.0655. The van der Waals surface area contributed by atoms with Gasteiger partial charge in [0.2, 0.25) is 0 Å². The molecule has 0 aliphatic heterocycles. The number of hydrogen-bond acceptors (Lipinski definition) is 4. The van der Waals surface area contributed by atoms with E-state index < -0.39 is 0 Å². The Labute approximate surface area is 158 Å². The summed E-state index contributed by atoms with van der Waals surface area (Å²) in [4.78, 5) is 8.48. The maximum atomic E-state index is 6.21. The molecule has 0 saturated heterocycles. The van der Waals surface area contributed by atoms with Crippen LogP contribution in [0.4, 0.5) is 0 Å². The molecule has 4 aromatic rings. The smallest absolute Gasteiger partial charge is 0.138 e. The van der Waals surface area contributed by atoms with Gasteiger partial charge in [-0.1, -0.05) is 42.5 Å². The summed E-state index contributed by atoms with van der Waals surface area (Å²) in [6.07, 6.45) is 8.03. The van der Waals surface area contributed by atoms with Crippen molar-refractivity contribution >= 4 is 10.8 Å². The van der Waals surface area contributed by atoms with Crippen LogP contribution in [0.5, 0.6) is 5.75 Å². The molecule has 0 bridgehead atoms. The zero-order chi connectivity index (χ0) is 18.5. The number of benzene rings is 2. The van der Waals surface area contributed by atoms with Crippen LogP contribution in [0.15, 0.2) is 85.5 Å². The fraction of sp³-hybridized carbons (Fsp3) is 0.130. The zero-order valence-electron chi connectivity index (χ0n) is 15.0. The Morgan fingerprint density at radius 2 is 1.70 bits per heavy atom. The molecule has 0 amide bonds. The van der Waals surface area contributed by atoms with Crippen LogP contribution in [0, 0.1) is 0 Å². The van der Waals surface area contributed by atoms with Gasteiger partial charge in [-0.3, -0.25) is 9.97 Å². The molecule has 134 valence electrons. The van der Waals surface area contributed by atoms with Gasteiger partial charge in [0, 0.05) is 35.6 Å². The van der Waals surface area contributed by atoms with Gasteiger partial charge in [0.15, 0.2) is 0 Å². The predicted octanol–water partition coefficient (Wildman–Crippen LogP) is 4.25. The summed E-state index contributed by atoms with van der Waals surface area (Å²) in [6, 6.07) is 20.4. The number of nitrogens with zero attached hydrogens (tertiary/aromatic N) is 2. The summed E-state index contributed by atoms with van der Waals surface area (Å²) in [7, 11) is 0. The summed E-state index contributed by atoms with van der Waals surface area (Å²) >= 11 is 0. The molecule has 4 nitrogen and oxygen atoms in total. The van der Waals surface area contributed by atoms with E-state index in [2.05, 4.69) is 40.3 Å². The molecular weight excluding hydrogens is 334 g/mol. The minimum Gasteiger partial charge on any atom is -0.490 e. The maximum absolute atomic E-state index is 6.21. The molecule has 4 heteroatoms. The average Bonchev–Trinajstić information content (AvgIpc) is 2.73. The second-order valence-electron chi connectivity index (χ2n) is 6.61. The zero-order valence-corrected chi connectivity index (χ0v) is 15.0. The molecule has 2 aromatic carbocycles. The fourth-order valence-electron chi connectivity index (χ4n) is 3.10. The standard InChI is InChI=1S/C23H21N3O/c24-22(10-17-4-2-1-3-5-17)16-27-23-12-21(14-26-15-23)18-6-7-20-13-25-9-8-19(20)11-18/h1-9,11-15,22H,10,16,24H2/t22-/m1/s1. The van der Waals surface area contributed by atoms with Crippen molar-refractivity contribution in [2.24, 2.45) is 5.73 Å². The molecule has 2 heterocycles. The van der Waals surface area contributed by atoms with E-state index in [-0.39, 0.29) is 6.04 Å². The minimum absolute atomic E-state index is 0.0655. The number of nitrogens with two attached hydrogens (primary N) is 1. The first kappa shape index (κ1) is 17.2. The lowest BCUT2D eigenvalue weighted by atomic mass is 10.0. The molecule has 27 heavy (non-hydrogen) atoms. The number of fused-ring (bicyclic) bond motifs is 1. The Kier molecular flexibility index (Phi) is 5.08.